The summed E-state index contributed by atoms with van der Waals surface area (Å²) in [6, 6.07) is 9.15. The Balaban J connectivity index is 2.19. The van der Waals surface area contributed by atoms with Gasteiger partial charge in [-0.3, -0.25) is 4.98 Å². The van der Waals surface area contributed by atoms with E-state index in [0.29, 0.717) is 11.4 Å². The lowest BCUT2D eigenvalue weighted by Gasteiger charge is -1.90. The molecule has 0 atom stereocenters. The van der Waals surface area contributed by atoms with Gasteiger partial charge in [-0.2, -0.15) is 0 Å². The van der Waals surface area contributed by atoms with Crippen molar-refractivity contribution < 1.29 is 4.42 Å². The Bertz CT molecular complexity index is 634. The van der Waals surface area contributed by atoms with E-state index in [1.165, 1.54) is 0 Å². The molecule has 74 valence electrons. The maximum absolute atomic E-state index is 5.68. The van der Waals surface area contributed by atoms with Gasteiger partial charge in [0, 0.05) is 12.4 Å². The standard InChI is InChI=1S/C12H7BN2O/c13-9-3-4-11-10(6-9)15-12(16-11)8-2-1-5-14-7-8/h1-7H. The van der Waals surface area contributed by atoms with Crippen LogP contribution in [-0.2, 0) is 0 Å². The molecule has 0 aliphatic carbocycles. The highest BCUT2D eigenvalue weighted by atomic mass is 16.3. The molecular weight excluding hydrogens is 199 g/mol. The summed E-state index contributed by atoms with van der Waals surface area (Å²) >= 11 is 0. The molecule has 0 aliphatic heterocycles. The Hall–Kier alpha value is -2.10. The highest BCUT2D eigenvalue weighted by Gasteiger charge is 2.07. The first-order valence-electron chi connectivity index (χ1n) is 4.89. The number of oxazole rings is 1. The van der Waals surface area contributed by atoms with E-state index in [-0.39, 0.29) is 0 Å². The summed E-state index contributed by atoms with van der Waals surface area (Å²) in [4.78, 5) is 8.38. The van der Waals surface area contributed by atoms with Crippen LogP contribution in [0, 0.1) is 0 Å². The van der Waals surface area contributed by atoms with E-state index < -0.39 is 0 Å². The molecule has 0 spiro atoms. The molecule has 2 aromatic heterocycles. The molecule has 0 bridgehead atoms. The Kier molecular flexibility index (Phi) is 1.99. The molecule has 0 aliphatic rings. The smallest absolute Gasteiger partial charge is 0.228 e. The van der Waals surface area contributed by atoms with Gasteiger partial charge in [-0.05, 0) is 24.3 Å². The summed E-state index contributed by atoms with van der Waals surface area (Å²) in [5.74, 6) is 0.564. The molecule has 2 heterocycles. The van der Waals surface area contributed by atoms with Crippen LogP contribution >= 0.6 is 0 Å². The summed E-state index contributed by atoms with van der Waals surface area (Å²) in [5.41, 5.74) is 3.03. The van der Waals surface area contributed by atoms with E-state index in [1.54, 1.807) is 24.5 Å². The molecular formula is C12H7BN2O. The second-order valence-corrected chi connectivity index (χ2v) is 3.49. The summed E-state index contributed by atoms with van der Waals surface area (Å²) in [6.07, 6.45) is 3.43. The van der Waals surface area contributed by atoms with Crippen LogP contribution in [-0.4, -0.2) is 17.8 Å². The second kappa shape index (κ2) is 3.49. The van der Waals surface area contributed by atoms with Crippen molar-refractivity contribution >= 4 is 24.4 Å². The fraction of sp³-hybridized carbons (Fsp3) is 0. The van der Waals surface area contributed by atoms with Crippen LogP contribution in [0.5, 0.6) is 0 Å². The van der Waals surface area contributed by atoms with Crippen LogP contribution in [0.3, 0.4) is 0 Å². The molecule has 0 saturated heterocycles. The quantitative estimate of drug-likeness (QED) is 0.568. The first-order valence-corrected chi connectivity index (χ1v) is 4.89. The first kappa shape index (κ1) is 9.15. The van der Waals surface area contributed by atoms with Gasteiger partial charge in [0.15, 0.2) is 5.58 Å². The maximum Gasteiger partial charge on any atom is 0.228 e. The van der Waals surface area contributed by atoms with Gasteiger partial charge in [0.2, 0.25) is 5.89 Å². The third kappa shape index (κ3) is 1.48. The number of hydrogen-bond donors (Lipinski definition) is 0. The fourth-order valence-electron chi connectivity index (χ4n) is 1.56. The number of benzene rings is 1. The number of aromatic nitrogens is 2. The van der Waals surface area contributed by atoms with Crippen molar-refractivity contribution in [3.05, 3.63) is 42.7 Å². The molecule has 3 rings (SSSR count). The Morgan fingerprint density at radius 1 is 1.19 bits per heavy atom. The van der Waals surface area contributed by atoms with E-state index in [1.807, 2.05) is 18.2 Å². The molecule has 3 nitrogen and oxygen atoms in total. The van der Waals surface area contributed by atoms with Crippen molar-refractivity contribution in [3.8, 4) is 11.5 Å². The average Bonchev–Trinajstić information content (AvgIpc) is 2.73. The van der Waals surface area contributed by atoms with Crippen molar-refractivity contribution in [2.75, 3.05) is 0 Å². The van der Waals surface area contributed by atoms with Gasteiger partial charge in [-0.25, -0.2) is 4.98 Å². The minimum atomic E-state index is 0.564. The number of fused-ring (bicyclic) bond motifs is 1. The van der Waals surface area contributed by atoms with E-state index in [0.717, 1.165) is 16.7 Å². The molecule has 1 aromatic carbocycles. The normalized spacial score (nSPS) is 10.8. The molecule has 0 N–H and O–H groups in total. The van der Waals surface area contributed by atoms with Gasteiger partial charge in [0.1, 0.15) is 13.4 Å². The van der Waals surface area contributed by atoms with E-state index in [9.17, 15) is 0 Å². The summed E-state index contributed by atoms with van der Waals surface area (Å²) in [5, 5.41) is 0. The predicted octanol–water partition coefficient (Wildman–Crippen LogP) is 1.68. The third-order valence-electron chi connectivity index (χ3n) is 2.32. The van der Waals surface area contributed by atoms with E-state index in [4.69, 9.17) is 12.3 Å². The van der Waals surface area contributed by atoms with Crippen LogP contribution in [0.4, 0.5) is 0 Å². The molecule has 4 heteroatoms. The zero-order valence-corrected chi connectivity index (χ0v) is 8.42. The van der Waals surface area contributed by atoms with Crippen LogP contribution < -0.4 is 5.46 Å². The number of nitrogens with zero attached hydrogens (tertiary/aromatic N) is 2. The van der Waals surface area contributed by atoms with E-state index >= 15 is 0 Å². The molecule has 0 unspecified atom stereocenters. The summed E-state index contributed by atoms with van der Waals surface area (Å²) < 4.78 is 5.60. The molecule has 0 amide bonds. The molecule has 0 fully saturated rings. The van der Waals surface area contributed by atoms with Gasteiger partial charge in [-0.15, -0.1) is 0 Å². The molecule has 0 saturated carbocycles. The van der Waals surface area contributed by atoms with Crippen LogP contribution in [0.2, 0.25) is 0 Å². The Morgan fingerprint density at radius 2 is 2.12 bits per heavy atom. The molecule has 2 radical (unpaired) electrons. The van der Waals surface area contributed by atoms with Gasteiger partial charge < -0.3 is 4.42 Å². The van der Waals surface area contributed by atoms with Gasteiger partial charge >= 0.3 is 0 Å². The topological polar surface area (TPSA) is 38.9 Å². The lowest BCUT2D eigenvalue weighted by Crippen LogP contribution is -1.98. The fourth-order valence-corrected chi connectivity index (χ4v) is 1.56. The van der Waals surface area contributed by atoms with Crippen LogP contribution in [0.1, 0.15) is 0 Å². The van der Waals surface area contributed by atoms with Crippen molar-refractivity contribution in [1.82, 2.24) is 9.97 Å². The first-order chi connectivity index (χ1) is 7.83. The number of pyridine rings is 1. The van der Waals surface area contributed by atoms with Crippen molar-refractivity contribution in [1.29, 1.82) is 0 Å². The van der Waals surface area contributed by atoms with E-state index in [2.05, 4.69) is 9.97 Å². The van der Waals surface area contributed by atoms with Gasteiger partial charge in [-0.1, -0.05) is 11.5 Å². The van der Waals surface area contributed by atoms with Crippen LogP contribution in [0.15, 0.2) is 47.1 Å². The zero-order chi connectivity index (χ0) is 11.0. The predicted molar refractivity (Wildman–Crippen MR) is 62.6 cm³/mol. The highest BCUT2D eigenvalue weighted by Crippen LogP contribution is 2.22. The van der Waals surface area contributed by atoms with Crippen molar-refractivity contribution in [3.63, 3.8) is 0 Å². The minimum Gasteiger partial charge on any atom is -0.436 e. The van der Waals surface area contributed by atoms with Crippen LogP contribution in [0.25, 0.3) is 22.6 Å². The SMILES string of the molecule is [B]c1ccc2oc(-c3cccnc3)nc2c1. The lowest BCUT2D eigenvalue weighted by atomic mass is 9.96. The largest absolute Gasteiger partial charge is 0.436 e. The molecule has 3 aromatic rings. The Morgan fingerprint density at radius 3 is 2.94 bits per heavy atom. The zero-order valence-electron chi connectivity index (χ0n) is 8.42. The minimum absolute atomic E-state index is 0.564. The Labute approximate surface area is 93.6 Å². The van der Waals surface area contributed by atoms with Crippen molar-refractivity contribution in [2.24, 2.45) is 0 Å². The monoisotopic (exact) mass is 206 g/mol. The van der Waals surface area contributed by atoms with Gasteiger partial charge in [0.05, 0.1) is 5.56 Å². The van der Waals surface area contributed by atoms with Crippen molar-refractivity contribution in [2.45, 2.75) is 0 Å². The third-order valence-corrected chi connectivity index (χ3v) is 2.32. The lowest BCUT2D eigenvalue weighted by molar-refractivity contribution is 0.619. The number of rotatable bonds is 1. The highest BCUT2D eigenvalue weighted by molar-refractivity contribution is 6.33. The summed E-state index contributed by atoms with van der Waals surface area (Å²) in [7, 11) is 5.68. The summed E-state index contributed by atoms with van der Waals surface area (Å²) in [6.45, 7) is 0. The number of hydrogen-bond acceptors (Lipinski definition) is 3. The maximum atomic E-state index is 5.68. The van der Waals surface area contributed by atoms with Gasteiger partial charge in [0.25, 0.3) is 0 Å². The second-order valence-electron chi connectivity index (χ2n) is 3.49. The average molecular weight is 206 g/mol. The molecule has 16 heavy (non-hydrogen) atoms.